The van der Waals surface area contributed by atoms with Gasteiger partial charge < -0.3 is 5.32 Å². The van der Waals surface area contributed by atoms with E-state index in [1.807, 2.05) is 35.2 Å². The summed E-state index contributed by atoms with van der Waals surface area (Å²) < 4.78 is 26.8. The highest BCUT2D eigenvalue weighted by molar-refractivity contribution is 7.89. The zero-order chi connectivity index (χ0) is 21.6. The number of amides is 1. The van der Waals surface area contributed by atoms with Gasteiger partial charge in [0.1, 0.15) is 0 Å². The third-order valence-electron chi connectivity index (χ3n) is 4.94. The quantitative estimate of drug-likeness (QED) is 0.496. The molecule has 0 bridgehead atoms. The van der Waals surface area contributed by atoms with Gasteiger partial charge >= 0.3 is 0 Å². The Balaban J connectivity index is 1.47. The first kappa shape index (κ1) is 21.9. The number of nitro benzene ring substituents is 1. The maximum atomic E-state index is 12.8. The molecule has 0 radical (unpaired) electrons. The third-order valence-corrected chi connectivity index (χ3v) is 6.84. The maximum absolute atomic E-state index is 12.8. The number of non-ortho nitro benzene ring substituents is 1. The van der Waals surface area contributed by atoms with Gasteiger partial charge in [-0.3, -0.25) is 19.8 Å². The van der Waals surface area contributed by atoms with Gasteiger partial charge in [-0.25, -0.2) is 8.42 Å². The van der Waals surface area contributed by atoms with Gasteiger partial charge in [-0.1, -0.05) is 36.4 Å². The molecule has 9 nitrogen and oxygen atoms in total. The molecule has 0 atom stereocenters. The highest BCUT2D eigenvalue weighted by Gasteiger charge is 2.30. The van der Waals surface area contributed by atoms with Crippen LogP contribution < -0.4 is 5.32 Å². The van der Waals surface area contributed by atoms with Crippen LogP contribution >= 0.6 is 0 Å². The zero-order valence-corrected chi connectivity index (χ0v) is 17.3. The van der Waals surface area contributed by atoms with Gasteiger partial charge in [0.05, 0.1) is 16.4 Å². The average molecular weight is 433 g/mol. The van der Waals surface area contributed by atoms with Gasteiger partial charge in [0.25, 0.3) is 5.69 Å². The van der Waals surface area contributed by atoms with Crippen molar-refractivity contribution < 1.29 is 18.1 Å². The van der Waals surface area contributed by atoms with Crippen molar-refractivity contribution in [3.8, 4) is 0 Å². The van der Waals surface area contributed by atoms with E-state index in [1.165, 1.54) is 22.5 Å². The number of carbonyl (C=O) groups is 1. The van der Waals surface area contributed by atoms with Crippen LogP contribution in [-0.2, 0) is 21.2 Å². The topological polar surface area (TPSA) is 113 Å². The number of hydrogen-bond acceptors (Lipinski definition) is 6. The van der Waals surface area contributed by atoms with Crippen molar-refractivity contribution in [3.63, 3.8) is 0 Å². The van der Waals surface area contributed by atoms with Crippen LogP contribution in [0.4, 0.5) is 5.69 Å². The predicted molar refractivity (Wildman–Crippen MR) is 111 cm³/mol. The summed E-state index contributed by atoms with van der Waals surface area (Å²) >= 11 is 0. The molecule has 3 rings (SSSR count). The number of nitrogens with zero attached hydrogens (tertiary/aromatic N) is 3. The first-order chi connectivity index (χ1) is 14.4. The standard InChI is InChI=1S/C20H24N4O5S/c25-20(21-10-9-17-5-2-1-3-6-17)16-22-11-13-23(14-12-22)30(28,29)19-8-4-7-18(15-19)24(26)27/h1-8,15H,9-14,16H2,(H,21,25). The van der Waals surface area contributed by atoms with E-state index in [0.717, 1.165) is 18.1 Å². The number of nitrogens with one attached hydrogen (secondary N) is 1. The van der Waals surface area contributed by atoms with Gasteiger partial charge in [0.15, 0.2) is 0 Å². The lowest BCUT2D eigenvalue weighted by atomic mass is 10.1. The summed E-state index contributed by atoms with van der Waals surface area (Å²) in [6.07, 6.45) is 0.752. The number of nitro groups is 1. The van der Waals surface area contributed by atoms with E-state index in [-0.39, 0.29) is 36.1 Å². The molecule has 0 saturated carbocycles. The number of benzene rings is 2. The molecule has 0 aromatic heterocycles. The van der Waals surface area contributed by atoms with Crippen molar-refractivity contribution in [1.29, 1.82) is 0 Å². The van der Waals surface area contributed by atoms with Crippen molar-refractivity contribution >= 4 is 21.6 Å². The molecule has 1 aliphatic rings. The van der Waals surface area contributed by atoms with Crippen molar-refractivity contribution in [2.45, 2.75) is 11.3 Å². The molecule has 1 N–H and O–H groups in total. The molecule has 1 aliphatic heterocycles. The lowest BCUT2D eigenvalue weighted by Gasteiger charge is -2.33. The number of carbonyl (C=O) groups excluding carboxylic acids is 1. The minimum absolute atomic E-state index is 0.0937. The van der Waals surface area contributed by atoms with Gasteiger partial charge in [-0.15, -0.1) is 0 Å². The van der Waals surface area contributed by atoms with E-state index in [4.69, 9.17) is 0 Å². The van der Waals surface area contributed by atoms with Crippen LogP contribution in [-0.4, -0.2) is 67.7 Å². The van der Waals surface area contributed by atoms with Crippen LogP contribution in [0.15, 0.2) is 59.5 Å². The normalized spacial score (nSPS) is 15.6. The predicted octanol–water partition coefficient (Wildman–Crippen LogP) is 1.26. The fourth-order valence-corrected chi connectivity index (χ4v) is 4.75. The highest BCUT2D eigenvalue weighted by atomic mass is 32.2. The number of hydrogen-bond donors (Lipinski definition) is 1. The van der Waals surface area contributed by atoms with Crippen molar-refractivity contribution in [1.82, 2.24) is 14.5 Å². The molecule has 0 aliphatic carbocycles. The minimum Gasteiger partial charge on any atom is -0.355 e. The highest BCUT2D eigenvalue weighted by Crippen LogP contribution is 2.22. The summed E-state index contributed by atoms with van der Waals surface area (Å²) in [7, 11) is -3.81. The van der Waals surface area contributed by atoms with E-state index in [2.05, 4.69) is 5.32 Å². The molecule has 1 saturated heterocycles. The fraction of sp³-hybridized carbons (Fsp3) is 0.350. The van der Waals surface area contributed by atoms with Gasteiger partial charge in [0.2, 0.25) is 15.9 Å². The maximum Gasteiger partial charge on any atom is 0.270 e. The van der Waals surface area contributed by atoms with E-state index in [9.17, 15) is 23.3 Å². The summed E-state index contributed by atoms with van der Waals surface area (Å²) in [4.78, 5) is 24.3. The van der Waals surface area contributed by atoms with Gasteiger partial charge in [0, 0.05) is 44.9 Å². The van der Waals surface area contributed by atoms with Crippen molar-refractivity contribution in [2.24, 2.45) is 0 Å². The second-order valence-electron chi connectivity index (χ2n) is 7.02. The van der Waals surface area contributed by atoms with Crippen molar-refractivity contribution in [2.75, 3.05) is 39.3 Å². The zero-order valence-electron chi connectivity index (χ0n) is 16.4. The Morgan fingerprint density at radius 1 is 1.03 bits per heavy atom. The Morgan fingerprint density at radius 2 is 1.73 bits per heavy atom. The monoisotopic (exact) mass is 432 g/mol. The molecule has 2 aromatic rings. The number of sulfonamides is 1. The first-order valence-electron chi connectivity index (χ1n) is 9.64. The lowest BCUT2D eigenvalue weighted by molar-refractivity contribution is -0.385. The Hall–Kier alpha value is -2.82. The summed E-state index contributed by atoms with van der Waals surface area (Å²) in [5, 5.41) is 13.8. The van der Waals surface area contributed by atoms with Crippen LogP contribution in [0.5, 0.6) is 0 Å². The summed E-state index contributed by atoms with van der Waals surface area (Å²) in [5.41, 5.74) is 0.889. The molecule has 0 spiro atoms. The SMILES string of the molecule is O=C(CN1CCN(S(=O)(=O)c2cccc([N+](=O)[O-])c2)CC1)NCCc1ccccc1. The van der Waals surface area contributed by atoms with E-state index >= 15 is 0 Å². The Bertz CT molecular complexity index is 989. The van der Waals surface area contributed by atoms with Crippen LogP contribution in [0.25, 0.3) is 0 Å². The van der Waals surface area contributed by atoms with Gasteiger partial charge in [-0.2, -0.15) is 4.31 Å². The van der Waals surface area contributed by atoms with E-state index in [1.54, 1.807) is 0 Å². The van der Waals surface area contributed by atoms with Gasteiger partial charge in [-0.05, 0) is 18.1 Å². The molecule has 1 amide bonds. The van der Waals surface area contributed by atoms with E-state index < -0.39 is 14.9 Å². The van der Waals surface area contributed by atoms with Crippen LogP contribution in [0.2, 0.25) is 0 Å². The molecule has 1 heterocycles. The summed E-state index contributed by atoms with van der Waals surface area (Å²) in [6.45, 7) is 2.04. The van der Waals surface area contributed by atoms with Crippen LogP contribution in [0, 0.1) is 10.1 Å². The Morgan fingerprint density at radius 3 is 2.40 bits per heavy atom. The number of rotatable bonds is 8. The first-order valence-corrected chi connectivity index (χ1v) is 11.1. The molecule has 10 heteroatoms. The molecule has 0 unspecified atom stereocenters. The number of piperazine rings is 1. The smallest absolute Gasteiger partial charge is 0.270 e. The third kappa shape index (κ3) is 5.62. The molecule has 1 fully saturated rings. The largest absolute Gasteiger partial charge is 0.355 e. The molecule has 2 aromatic carbocycles. The second-order valence-corrected chi connectivity index (χ2v) is 8.96. The van der Waals surface area contributed by atoms with Crippen LogP contribution in [0.3, 0.4) is 0 Å². The fourth-order valence-electron chi connectivity index (χ4n) is 3.28. The molecule has 160 valence electrons. The molecule has 30 heavy (non-hydrogen) atoms. The molecular weight excluding hydrogens is 408 g/mol. The molecular formula is C20H24N4O5S. The average Bonchev–Trinajstić information content (AvgIpc) is 2.75. The van der Waals surface area contributed by atoms with Crippen molar-refractivity contribution in [3.05, 3.63) is 70.3 Å². The van der Waals surface area contributed by atoms with Crippen LogP contribution in [0.1, 0.15) is 5.56 Å². The van der Waals surface area contributed by atoms with E-state index in [0.29, 0.717) is 19.6 Å². The Labute approximate surface area is 175 Å². The second kappa shape index (κ2) is 9.79. The summed E-state index contributed by atoms with van der Waals surface area (Å²) in [5.74, 6) is -0.0964. The summed E-state index contributed by atoms with van der Waals surface area (Å²) in [6, 6.07) is 14.9. The Kier molecular flexibility index (Phi) is 7.14. The lowest BCUT2D eigenvalue weighted by Crippen LogP contribution is -2.51. The minimum atomic E-state index is -3.81.